The van der Waals surface area contributed by atoms with E-state index in [0.717, 1.165) is 17.9 Å². The molecule has 0 radical (unpaired) electrons. The van der Waals surface area contributed by atoms with Crippen LogP contribution >= 0.6 is 11.8 Å². The molecule has 1 aromatic rings. The molecule has 21 heavy (non-hydrogen) atoms. The average Bonchev–Trinajstić information content (AvgIpc) is 3.29. The molecular weight excluding hydrogens is 304 g/mol. The van der Waals surface area contributed by atoms with Gasteiger partial charge in [-0.2, -0.15) is 16.1 Å². The van der Waals surface area contributed by atoms with Crippen LogP contribution in [0.15, 0.2) is 29.2 Å². The Morgan fingerprint density at radius 3 is 2.48 bits per heavy atom. The molecule has 0 bridgehead atoms. The minimum atomic E-state index is -3.40. The minimum absolute atomic E-state index is 0.0128. The van der Waals surface area contributed by atoms with Crippen molar-refractivity contribution in [2.75, 3.05) is 19.1 Å². The monoisotopic (exact) mass is 328 g/mol. The number of thioether (sulfide) groups is 1. The summed E-state index contributed by atoms with van der Waals surface area (Å²) in [6, 6.07) is 7.86. The van der Waals surface area contributed by atoms with Crippen molar-refractivity contribution in [1.29, 1.82) is 0 Å². The lowest BCUT2D eigenvalue weighted by Gasteiger charge is -2.23. The van der Waals surface area contributed by atoms with Crippen LogP contribution in [0.2, 0.25) is 0 Å². The van der Waals surface area contributed by atoms with Crippen molar-refractivity contribution in [2.45, 2.75) is 43.3 Å². The molecule has 1 aliphatic carbocycles. The summed E-state index contributed by atoms with van der Waals surface area (Å²) < 4.78 is 26.5. The second kappa shape index (κ2) is 7.13. The maximum absolute atomic E-state index is 12.5. The van der Waals surface area contributed by atoms with E-state index in [-0.39, 0.29) is 6.04 Å². The fraction of sp³-hybridized carbons (Fsp3) is 0.600. The highest BCUT2D eigenvalue weighted by Gasteiger charge is 2.25. The van der Waals surface area contributed by atoms with Crippen molar-refractivity contribution in [1.82, 2.24) is 9.62 Å². The highest BCUT2D eigenvalue weighted by Crippen LogP contribution is 2.21. The van der Waals surface area contributed by atoms with Crippen molar-refractivity contribution in [3.05, 3.63) is 29.8 Å². The largest absolute Gasteiger partial charge is 0.310 e. The van der Waals surface area contributed by atoms with Crippen LogP contribution in [0, 0.1) is 0 Å². The van der Waals surface area contributed by atoms with Gasteiger partial charge in [-0.25, -0.2) is 8.42 Å². The van der Waals surface area contributed by atoms with Gasteiger partial charge in [0.25, 0.3) is 0 Å². The van der Waals surface area contributed by atoms with Crippen molar-refractivity contribution in [3.63, 3.8) is 0 Å². The molecule has 0 spiro atoms. The summed E-state index contributed by atoms with van der Waals surface area (Å²) in [4.78, 5) is 0.369. The van der Waals surface area contributed by atoms with Crippen LogP contribution in [0.5, 0.6) is 0 Å². The summed E-state index contributed by atoms with van der Waals surface area (Å²) in [5, 5.41) is 3.43. The van der Waals surface area contributed by atoms with Crippen LogP contribution in [0.4, 0.5) is 0 Å². The van der Waals surface area contributed by atoms with E-state index < -0.39 is 10.0 Å². The number of nitrogens with one attached hydrogen (secondary N) is 1. The zero-order valence-electron chi connectivity index (χ0n) is 12.9. The Labute approximate surface area is 132 Å². The second-order valence-corrected chi connectivity index (χ2v) is 8.53. The molecule has 1 aromatic carbocycles. The van der Waals surface area contributed by atoms with Crippen molar-refractivity contribution in [2.24, 2.45) is 0 Å². The molecule has 0 heterocycles. The molecule has 1 fully saturated rings. The van der Waals surface area contributed by atoms with Gasteiger partial charge in [0.1, 0.15) is 0 Å². The maximum Gasteiger partial charge on any atom is 0.243 e. The number of sulfonamides is 1. The smallest absolute Gasteiger partial charge is 0.243 e. The summed E-state index contributed by atoms with van der Waals surface area (Å²) in [5.74, 6) is 0.791. The fourth-order valence-electron chi connectivity index (χ4n) is 2.08. The zero-order valence-corrected chi connectivity index (χ0v) is 14.5. The zero-order chi connectivity index (χ0) is 15.5. The molecule has 2 rings (SSSR count). The summed E-state index contributed by atoms with van der Waals surface area (Å²) >= 11 is 1.65. The van der Waals surface area contributed by atoms with Crippen LogP contribution in [-0.2, 0) is 16.6 Å². The van der Waals surface area contributed by atoms with Crippen LogP contribution < -0.4 is 5.32 Å². The Morgan fingerprint density at radius 1 is 1.33 bits per heavy atom. The lowest BCUT2D eigenvalue weighted by molar-refractivity contribution is 0.415. The van der Waals surface area contributed by atoms with E-state index in [1.807, 2.05) is 25.3 Å². The Morgan fingerprint density at radius 2 is 1.95 bits per heavy atom. The number of hydrogen-bond donors (Lipinski definition) is 1. The molecule has 1 saturated carbocycles. The van der Waals surface area contributed by atoms with Gasteiger partial charge in [-0.05, 0) is 43.7 Å². The van der Waals surface area contributed by atoms with Gasteiger partial charge in [-0.1, -0.05) is 12.1 Å². The van der Waals surface area contributed by atoms with Gasteiger partial charge >= 0.3 is 0 Å². The Hall–Kier alpha value is -0.560. The van der Waals surface area contributed by atoms with E-state index >= 15 is 0 Å². The number of rotatable bonds is 8. The van der Waals surface area contributed by atoms with E-state index in [1.165, 1.54) is 17.1 Å². The first kappa shape index (κ1) is 16.8. The highest BCUT2D eigenvalue weighted by atomic mass is 32.2. The summed E-state index contributed by atoms with van der Waals surface area (Å²) in [5.41, 5.74) is 1.13. The first-order valence-electron chi connectivity index (χ1n) is 7.24. The number of hydrogen-bond acceptors (Lipinski definition) is 4. The highest BCUT2D eigenvalue weighted by molar-refractivity contribution is 7.98. The van der Waals surface area contributed by atoms with E-state index in [4.69, 9.17) is 0 Å². The molecule has 4 nitrogen and oxygen atoms in total. The third kappa shape index (κ3) is 4.45. The molecule has 0 amide bonds. The molecule has 1 aliphatic rings. The fourth-order valence-corrected chi connectivity index (χ4v) is 4.24. The first-order valence-corrected chi connectivity index (χ1v) is 10.1. The molecule has 1 N–H and O–H groups in total. The van der Waals surface area contributed by atoms with Crippen LogP contribution in [0.25, 0.3) is 0 Å². The molecule has 118 valence electrons. The molecule has 0 aliphatic heterocycles. The first-order chi connectivity index (χ1) is 9.95. The average molecular weight is 329 g/mol. The van der Waals surface area contributed by atoms with Gasteiger partial charge in [0, 0.05) is 31.4 Å². The van der Waals surface area contributed by atoms with Crippen molar-refractivity contribution >= 4 is 21.8 Å². The lowest BCUT2D eigenvalue weighted by atomic mass is 10.2. The topological polar surface area (TPSA) is 49.4 Å². The van der Waals surface area contributed by atoms with E-state index in [9.17, 15) is 8.42 Å². The molecule has 6 heteroatoms. The van der Waals surface area contributed by atoms with Gasteiger partial charge in [-0.3, -0.25) is 0 Å². The second-order valence-electron chi connectivity index (χ2n) is 5.62. The van der Waals surface area contributed by atoms with Crippen LogP contribution in [0.3, 0.4) is 0 Å². The third-order valence-corrected chi connectivity index (χ3v) is 6.60. The Bertz CT molecular complexity index is 554. The van der Waals surface area contributed by atoms with Gasteiger partial charge in [0.2, 0.25) is 10.0 Å². The van der Waals surface area contributed by atoms with Crippen LogP contribution in [0.1, 0.15) is 25.3 Å². The Balaban J connectivity index is 2.04. The SMILES string of the molecule is CSCC(C)N(C)S(=O)(=O)c1ccc(CNC2CC2)cc1. The summed E-state index contributed by atoms with van der Waals surface area (Å²) in [7, 11) is -1.74. The normalized spacial score (nSPS) is 17.1. The molecule has 0 saturated heterocycles. The van der Waals surface area contributed by atoms with Crippen molar-refractivity contribution in [3.8, 4) is 0 Å². The quantitative estimate of drug-likeness (QED) is 0.795. The standard InChI is InChI=1S/C15H24N2O2S2/c1-12(11-20-3)17(2)21(18,19)15-8-4-13(5-9-15)10-16-14-6-7-14/h4-5,8-9,12,14,16H,6-7,10-11H2,1-3H3. The van der Waals surface area contributed by atoms with Gasteiger partial charge in [-0.15, -0.1) is 0 Å². The molecule has 0 aromatic heterocycles. The molecule has 1 unspecified atom stereocenters. The van der Waals surface area contributed by atoms with E-state index in [1.54, 1.807) is 30.9 Å². The number of benzene rings is 1. The third-order valence-electron chi connectivity index (χ3n) is 3.80. The predicted molar refractivity (Wildman–Crippen MR) is 89.1 cm³/mol. The maximum atomic E-state index is 12.5. The Kier molecular flexibility index (Phi) is 5.71. The van der Waals surface area contributed by atoms with Gasteiger partial charge in [0.05, 0.1) is 4.90 Å². The molecular formula is C15H24N2O2S2. The minimum Gasteiger partial charge on any atom is -0.310 e. The summed E-state index contributed by atoms with van der Waals surface area (Å²) in [6.45, 7) is 2.74. The predicted octanol–water partition coefficient (Wildman–Crippen LogP) is 2.31. The summed E-state index contributed by atoms with van der Waals surface area (Å²) in [6.07, 6.45) is 4.49. The van der Waals surface area contributed by atoms with Crippen molar-refractivity contribution < 1.29 is 8.42 Å². The molecule has 1 atom stereocenters. The van der Waals surface area contributed by atoms with Gasteiger partial charge < -0.3 is 5.32 Å². The lowest BCUT2D eigenvalue weighted by Crippen LogP contribution is -2.36. The van der Waals surface area contributed by atoms with Gasteiger partial charge in [0.15, 0.2) is 0 Å². The van der Waals surface area contributed by atoms with E-state index in [2.05, 4.69) is 5.32 Å². The van der Waals surface area contributed by atoms with E-state index in [0.29, 0.717) is 10.9 Å². The number of nitrogens with zero attached hydrogens (tertiary/aromatic N) is 1. The van der Waals surface area contributed by atoms with Crippen LogP contribution in [-0.4, -0.2) is 43.9 Å².